The molecule has 0 atom stereocenters. The predicted octanol–water partition coefficient (Wildman–Crippen LogP) is 4.29. The van der Waals surface area contributed by atoms with Crippen LogP contribution in [0, 0.1) is 0 Å². The first-order chi connectivity index (χ1) is 10.3. The summed E-state index contributed by atoms with van der Waals surface area (Å²) in [4.78, 5) is 0. The van der Waals surface area contributed by atoms with E-state index in [9.17, 15) is 0 Å². The Morgan fingerprint density at radius 2 is 2.10 bits per heavy atom. The number of rotatable bonds is 5. The smallest absolute Gasteiger partial charge is 0.123 e. The van der Waals surface area contributed by atoms with Crippen LogP contribution in [0.15, 0.2) is 53.2 Å². The summed E-state index contributed by atoms with van der Waals surface area (Å²) in [7, 11) is 0. The Bertz CT molecular complexity index is 719. The first-order valence-electron chi connectivity index (χ1n) is 6.87. The Kier molecular flexibility index (Phi) is 3.97. The summed E-state index contributed by atoms with van der Waals surface area (Å²) in [5, 5.41) is 8.30. The lowest BCUT2D eigenvalue weighted by atomic mass is 10.2. The van der Waals surface area contributed by atoms with Crippen molar-refractivity contribution in [2.75, 3.05) is 5.32 Å². The van der Waals surface area contributed by atoms with Crippen molar-refractivity contribution in [1.29, 1.82) is 0 Å². The molecule has 1 aromatic carbocycles. The molecule has 21 heavy (non-hydrogen) atoms. The van der Waals surface area contributed by atoms with Gasteiger partial charge in [0.1, 0.15) is 11.5 Å². The van der Waals surface area contributed by atoms with Gasteiger partial charge in [-0.1, -0.05) is 18.5 Å². The Morgan fingerprint density at radius 3 is 2.81 bits per heavy atom. The summed E-state index contributed by atoms with van der Waals surface area (Å²) in [6, 6.07) is 11.6. The molecule has 0 unspecified atom stereocenters. The summed E-state index contributed by atoms with van der Waals surface area (Å²) in [6.45, 7) is 2.68. The molecule has 0 fully saturated rings. The average molecular weight is 302 g/mol. The van der Waals surface area contributed by atoms with E-state index in [0.717, 1.165) is 29.3 Å². The van der Waals surface area contributed by atoms with Crippen molar-refractivity contribution in [3.63, 3.8) is 0 Å². The molecule has 0 aliphatic carbocycles. The molecule has 0 bridgehead atoms. The van der Waals surface area contributed by atoms with Crippen LogP contribution < -0.4 is 5.32 Å². The van der Waals surface area contributed by atoms with Crippen LogP contribution in [0.25, 0.3) is 5.69 Å². The second-order valence-electron chi connectivity index (χ2n) is 4.69. The molecule has 4 nitrogen and oxygen atoms in total. The number of aromatic nitrogens is 2. The van der Waals surface area contributed by atoms with Crippen LogP contribution in [-0.4, -0.2) is 9.78 Å². The predicted molar refractivity (Wildman–Crippen MR) is 84.0 cm³/mol. The monoisotopic (exact) mass is 301 g/mol. The van der Waals surface area contributed by atoms with Crippen LogP contribution in [0.5, 0.6) is 0 Å². The van der Waals surface area contributed by atoms with Gasteiger partial charge >= 0.3 is 0 Å². The largest absolute Gasteiger partial charge is 0.464 e. The van der Waals surface area contributed by atoms with E-state index in [-0.39, 0.29) is 0 Å². The van der Waals surface area contributed by atoms with E-state index in [2.05, 4.69) is 17.3 Å². The van der Waals surface area contributed by atoms with E-state index < -0.39 is 0 Å². The van der Waals surface area contributed by atoms with Gasteiger partial charge in [-0.2, -0.15) is 5.10 Å². The molecule has 1 N–H and O–H groups in total. The molecule has 3 aromatic rings. The zero-order chi connectivity index (χ0) is 14.7. The minimum Gasteiger partial charge on any atom is -0.464 e. The molecule has 0 radical (unpaired) electrons. The standard InChI is InChI=1S/C16H16ClN3O/c1-2-13-5-6-14(21-13)11-18-15-10-12(17)4-7-16(15)20-9-3-8-19-20/h3-10,18H,2,11H2,1H3. The number of aryl methyl sites for hydroxylation is 1. The Balaban J connectivity index is 1.82. The number of furan rings is 1. The number of anilines is 1. The quantitative estimate of drug-likeness (QED) is 0.764. The highest BCUT2D eigenvalue weighted by Crippen LogP contribution is 2.25. The molecule has 0 saturated heterocycles. The molecule has 0 aliphatic heterocycles. The third-order valence-corrected chi connectivity index (χ3v) is 3.46. The maximum Gasteiger partial charge on any atom is 0.123 e. The zero-order valence-electron chi connectivity index (χ0n) is 11.7. The van der Waals surface area contributed by atoms with Gasteiger partial charge in [0.25, 0.3) is 0 Å². The summed E-state index contributed by atoms with van der Waals surface area (Å²) >= 11 is 6.09. The van der Waals surface area contributed by atoms with Gasteiger partial charge in [0.15, 0.2) is 0 Å². The first-order valence-corrected chi connectivity index (χ1v) is 7.25. The number of nitrogens with one attached hydrogen (secondary N) is 1. The number of nitrogens with zero attached hydrogens (tertiary/aromatic N) is 2. The van der Waals surface area contributed by atoms with Crippen LogP contribution in [0.4, 0.5) is 5.69 Å². The first kappa shape index (κ1) is 13.8. The summed E-state index contributed by atoms with van der Waals surface area (Å²) in [5.74, 6) is 1.89. The van der Waals surface area contributed by atoms with E-state index in [4.69, 9.17) is 16.0 Å². The molecule has 2 heterocycles. The van der Waals surface area contributed by atoms with Gasteiger partial charge in [0.2, 0.25) is 0 Å². The van der Waals surface area contributed by atoms with Crippen molar-refractivity contribution in [1.82, 2.24) is 9.78 Å². The van der Waals surface area contributed by atoms with Gasteiger partial charge in [-0.25, -0.2) is 4.68 Å². The number of hydrogen-bond acceptors (Lipinski definition) is 3. The van der Waals surface area contributed by atoms with Crippen LogP contribution in [0.3, 0.4) is 0 Å². The summed E-state index contributed by atoms with van der Waals surface area (Å²) in [6.07, 6.45) is 4.55. The van der Waals surface area contributed by atoms with Crippen LogP contribution in [-0.2, 0) is 13.0 Å². The molecular weight excluding hydrogens is 286 g/mol. The molecule has 0 aliphatic rings. The van der Waals surface area contributed by atoms with Crippen molar-refractivity contribution >= 4 is 17.3 Å². The third-order valence-electron chi connectivity index (χ3n) is 3.23. The van der Waals surface area contributed by atoms with E-state index >= 15 is 0 Å². The Morgan fingerprint density at radius 1 is 1.24 bits per heavy atom. The average Bonchev–Trinajstić information content (AvgIpc) is 3.16. The van der Waals surface area contributed by atoms with Gasteiger partial charge in [-0.05, 0) is 36.4 Å². The Labute approximate surface area is 128 Å². The lowest BCUT2D eigenvalue weighted by molar-refractivity contribution is 0.476. The molecule has 0 amide bonds. The second kappa shape index (κ2) is 6.06. The molecule has 3 rings (SSSR count). The molecule has 5 heteroatoms. The van der Waals surface area contributed by atoms with Crippen molar-refractivity contribution in [3.8, 4) is 5.69 Å². The van der Waals surface area contributed by atoms with Crippen LogP contribution >= 0.6 is 11.6 Å². The fraction of sp³-hybridized carbons (Fsp3) is 0.188. The minimum atomic E-state index is 0.606. The van der Waals surface area contributed by atoms with Crippen molar-refractivity contribution in [2.24, 2.45) is 0 Å². The van der Waals surface area contributed by atoms with Crippen LogP contribution in [0.1, 0.15) is 18.4 Å². The second-order valence-corrected chi connectivity index (χ2v) is 5.12. The van der Waals surface area contributed by atoms with Crippen molar-refractivity contribution in [3.05, 3.63) is 65.3 Å². The Hall–Kier alpha value is -2.20. The minimum absolute atomic E-state index is 0.606. The summed E-state index contributed by atoms with van der Waals surface area (Å²) < 4.78 is 7.50. The molecule has 0 saturated carbocycles. The third kappa shape index (κ3) is 3.11. The maximum atomic E-state index is 6.09. The highest BCUT2D eigenvalue weighted by atomic mass is 35.5. The lowest BCUT2D eigenvalue weighted by Crippen LogP contribution is -2.04. The fourth-order valence-electron chi connectivity index (χ4n) is 2.15. The van der Waals surface area contributed by atoms with Crippen molar-refractivity contribution < 1.29 is 4.42 Å². The van der Waals surface area contributed by atoms with Gasteiger partial charge < -0.3 is 9.73 Å². The highest BCUT2D eigenvalue weighted by Gasteiger charge is 2.07. The lowest BCUT2D eigenvalue weighted by Gasteiger charge is -2.11. The highest BCUT2D eigenvalue weighted by molar-refractivity contribution is 6.31. The van der Waals surface area contributed by atoms with E-state index in [1.807, 2.05) is 42.6 Å². The molecular formula is C16H16ClN3O. The normalized spacial score (nSPS) is 10.8. The van der Waals surface area contributed by atoms with Gasteiger partial charge in [-0.3, -0.25) is 0 Å². The fourth-order valence-corrected chi connectivity index (χ4v) is 2.32. The number of halogens is 1. The molecule has 2 aromatic heterocycles. The number of hydrogen-bond donors (Lipinski definition) is 1. The van der Waals surface area contributed by atoms with E-state index in [1.54, 1.807) is 10.9 Å². The van der Waals surface area contributed by atoms with Gasteiger partial charge in [-0.15, -0.1) is 0 Å². The molecule has 0 spiro atoms. The van der Waals surface area contributed by atoms with E-state index in [0.29, 0.717) is 11.6 Å². The van der Waals surface area contributed by atoms with E-state index in [1.165, 1.54) is 0 Å². The summed E-state index contributed by atoms with van der Waals surface area (Å²) in [5.41, 5.74) is 1.87. The molecule has 108 valence electrons. The SMILES string of the molecule is CCc1ccc(CNc2cc(Cl)ccc2-n2cccn2)o1. The van der Waals surface area contributed by atoms with Gasteiger partial charge in [0.05, 0.1) is 17.9 Å². The van der Waals surface area contributed by atoms with Crippen LogP contribution in [0.2, 0.25) is 5.02 Å². The zero-order valence-corrected chi connectivity index (χ0v) is 12.5. The maximum absolute atomic E-state index is 6.09. The van der Waals surface area contributed by atoms with Gasteiger partial charge in [0, 0.05) is 23.8 Å². The van der Waals surface area contributed by atoms with Crippen molar-refractivity contribution in [2.45, 2.75) is 19.9 Å². The number of benzene rings is 1. The topological polar surface area (TPSA) is 43.0 Å².